The third-order valence-electron chi connectivity index (χ3n) is 5.16. The number of aromatic nitrogens is 2. The van der Waals surface area contributed by atoms with E-state index >= 15 is 0 Å². The van der Waals surface area contributed by atoms with E-state index < -0.39 is 0 Å². The van der Waals surface area contributed by atoms with Crippen molar-refractivity contribution in [2.75, 3.05) is 38.5 Å². The van der Waals surface area contributed by atoms with E-state index in [2.05, 4.69) is 37.0 Å². The number of likely N-dealkylation sites (tertiary alicyclic amines) is 1. The van der Waals surface area contributed by atoms with Gasteiger partial charge < -0.3 is 20.1 Å². The van der Waals surface area contributed by atoms with Gasteiger partial charge in [0.1, 0.15) is 5.69 Å². The lowest BCUT2D eigenvalue weighted by Gasteiger charge is -2.39. The molecule has 0 amide bonds. The number of nitro benzene ring substituents is 1. The van der Waals surface area contributed by atoms with Gasteiger partial charge in [0.25, 0.3) is 5.69 Å². The van der Waals surface area contributed by atoms with Crippen molar-refractivity contribution in [1.29, 1.82) is 0 Å². The fourth-order valence-electron chi connectivity index (χ4n) is 3.58. The Kier molecular flexibility index (Phi) is 6.46. The Morgan fingerprint density at radius 1 is 1.39 bits per heavy atom. The second kappa shape index (κ2) is 9.20. The molecule has 0 spiro atoms. The van der Waals surface area contributed by atoms with Crippen LogP contribution in [0.1, 0.15) is 19.4 Å². The summed E-state index contributed by atoms with van der Waals surface area (Å²) in [6.07, 6.45) is 6.78. The van der Waals surface area contributed by atoms with Gasteiger partial charge in [-0.2, -0.15) is 0 Å². The Bertz CT molecular complexity index is 806. The molecule has 1 saturated heterocycles. The monoisotopic (exact) mass is 385 g/mol. The number of hydrogen-bond acceptors (Lipinski definition) is 5. The molecular formula is C19H27N7O2. The van der Waals surface area contributed by atoms with Gasteiger partial charge in [-0.05, 0) is 18.4 Å². The van der Waals surface area contributed by atoms with Crippen LogP contribution in [0.2, 0.25) is 0 Å². The number of benzene rings is 1. The molecule has 2 atom stereocenters. The summed E-state index contributed by atoms with van der Waals surface area (Å²) < 4.78 is 2.17. The Hall–Kier alpha value is -3.10. The number of imidazole rings is 1. The van der Waals surface area contributed by atoms with Crippen molar-refractivity contribution in [3.8, 4) is 0 Å². The van der Waals surface area contributed by atoms with Crippen molar-refractivity contribution < 1.29 is 4.92 Å². The molecule has 1 fully saturated rings. The van der Waals surface area contributed by atoms with E-state index in [4.69, 9.17) is 0 Å². The van der Waals surface area contributed by atoms with Gasteiger partial charge in [0, 0.05) is 51.7 Å². The maximum absolute atomic E-state index is 11.1. The Morgan fingerprint density at radius 2 is 2.21 bits per heavy atom. The molecule has 1 aromatic heterocycles. The first-order valence-electron chi connectivity index (χ1n) is 9.50. The van der Waals surface area contributed by atoms with Gasteiger partial charge in [0.2, 0.25) is 0 Å². The molecule has 2 N–H and O–H groups in total. The molecule has 150 valence electrons. The van der Waals surface area contributed by atoms with Crippen LogP contribution in [0.25, 0.3) is 0 Å². The summed E-state index contributed by atoms with van der Waals surface area (Å²) in [5, 5.41) is 17.6. The average molecular weight is 385 g/mol. The highest BCUT2D eigenvalue weighted by atomic mass is 16.6. The minimum atomic E-state index is -0.375. The molecule has 2 unspecified atom stereocenters. The number of piperidine rings is 1. The van der Waals surface area contributed by atoms with Gasteiger partial charge in [0.15, 0.2) is 5.96 Å². The standard InChI is InChI=1S/C19H27N7O2/c1-15-7-11-24(13-18(15)25-12-10-21-14-25)19(20-2)23-9-8-22-16-5-3-4-6-17(16)26(27)28/h3-6,10,12,14-15,18,22H,7-9,11,13H2,1-2H3,(H,20,23). The smallest absolute Gasteiger partial charge is 0.292 e. The molecule has 2 aromatic rings. The summed E-state index contributed by atoms with van der Waals surface area (Å²) in [5.41, 5.74) is 0.608. The molecule has 1 aliphatic heterocycles. The summed E-state index contributed by atoms with van der Waals surface area (Å²) in [4.78, 5) is 21.6. The lowest BCUT2D eigenvalue weighted by Crippen LogP contribution is -2.49. The zero-order valence-corrected chi connectivity index (χ0v) is 16.3. The Labute approximate surface area is 164 Å². The van der Waals surface area contributed by atoms with Crippen LogP contribution in [0.15, 0.2) is 48.0 Å². The minimum Gasteiger partial charge on any atom is -0.378 e. The zero-order valence-electron chi connectivity index (χ0n) is 16.3. The number of nitrogens with one attached hydrogen (secondary N) is 2. The highest BCUT2D eigenvalue weighted by molar-refractivity contribution is 5.80. The fraction of sp³-hybridized carbons (Fsp3) is 0.474. The number of nitrogens with zero attached hydrogens (tertiary/aromatic N) is 5. The minimum absolute atomic E-state index is 0.0834. The lowest BCUT2D eigenvalue weighted by atomic mass is 9.93. The van der Waals surface area contributed by atoms with E-state index in [9.17, 15) is 10.1 Å². The first kappa shape index (κ1) is 19.7. The van der Waals surface area contributed by atoms with Gasteiger partial charge in [0.05, 0.1) is 17.3 Å². The molecule has 1 aromatic carbocycles. The van der Waals surface area contributed by atoms with Crippen LogP contribution >= 0.6 is 0 Å². The SMILES string of the molecule is CN=C(NCCNc1ccccc1[N+](=O)[O-])N1CCC(C)C(n2ccnc2)C1. The molecule has 9 nitrogen and oxygen atoms in total. The molecule has 9 heteroatoms. The quantitative estimate of drug-likeness (QED) is 0.260. The summed E-state index contributed by atoms with van der Waals surface area (Å²) >= 11 is 0. The van der Waals surface area contributed by atoms with Crippen LogP contribution in [0.4, 0.5) is 11.4 Å². The predicted octanol–water partition coefficient (Wildman–Crippen LogP) is 2.36. The molecule has 3 rings (SSSR count). The predicted molar refractivity (Wildman–Crippen MR) is 110 cm³/mol. The average Bonchev–Trinajstić information content (AvgIpc) is 3.23. The normalized spacial score (nSPS) is 20.1. The third-order valence-corrected chi connectivity index (χ3v) is 5.16. The van der Waals surface area contributed by atoms with Crippen LogP contribution in [0, 0.1) is 16.0 Å². The maximum Gasteiger partial charge on any atom is 0.292 e. The summed E-state index contributed by atoms with van der Waals surface area (Å²) in [5.74, 6) is 1.42. The Balaban J connectivity index is 1.53. The highest BCUT2D eigenvalue weighted by Crippen LogP contribution is 2.27. The first-order valence-corrected chi connectivity index (χ1v) is 9.50. The molecule has 0 bridgehead atoms. The molecule has 28 heavy (non-hydrogen) atoms. The van der Waals surface area contributed by atoms with E-state index in [-0.39, 0.29) is 10.6 Å². The van der Waals surface area contributed by atoms with Crippen molar-refractivity contribution in [3.05, 3.63) is 53.1 Å². The van der Waals surface area contributed by atoms with Gasteiger partial charge in [-0.15, -0.1) is 0 Å². The number of guanidine groups is 1. The Morgan fingerprint density at radius 3 is 2.93 bits per heavy atom. The molecule has 0 saturated carbocycles. The number of para-hydroxylation sites is 2. The van der Waals surface area contributed by atoms with Crippen LogP contribution in [0.3, 0.4) is 0 Å². The third kappa shape index (κ3) is 4.59. The molecule has 0 aliphatic carbocycles. The van der Waals surface area contributed by atoms with Crippen molar-refractivity contribution >= 4 is 17.3 Å². The highest BCUT2D eigenvalue weighted by Gasteiger charge is 2.28. The van der Waals surface area contributed by atoms with Gasteiger partial charge in [-0.3, -0.25) is 15.1 Å². The number of aliphatic imine (C=N–C) groups is 1. The van der Waals surface area contributed by atoms with Gasteiger partial charge in [-0.1, -0.05) is 19.1 Å². The van der Waals surface area contributed by atoms with Gasteiger partial charge in [-0.25, -0.2) is 4.98 Å². The lowest BCUT2D eigenvalue weighted by molar-refractivity contribution is -0.384. The second-order valence-corrected chi connectivity index (χ2v) is 6.96. The summed E-state index contributed by atoms with van der Waals surface area (Å²) in [7, 11) is 1.78. The topological polar surface area (TPSA) is 101 Å². The van der Waals surface area contributed by atoms with Gasteiger partial charge >= 0.3 is 0 Å². The number of anilines is 1. The van der Waals surface area contributed by atoms with E-state index in [1.54, 1.807) is 25.2 Å². The second-order valence-electron chi connectivity index (χ2n) is 6.96. The van der Waals surface area contributed by atoms with E-state index in [0.29, 0.717) is 30.7 Å². The molecule has 2 heterocycles. The van der Waals surface area contributed by atoms with Crippen molar-refractivity contribution in [2.24, 2.45) is 10.9 Å². The number of rotatable bonds is 6. The van der Waals surface area contributed by atoms with Crippen molar-refractivity contribution in [3.63, 3.8) is 0 Å². The largest absolute Gasteiger partial charge is 0.378 e. The van der Waals surface area contributed by atoms with Crippen LogP contribution in [-0.4, -0.2) is 58.6 Å². The molecule has 1 aliphatic rings. The van der Waals surface area contributed by atoms with Crippen LogP contribution in [-0.2, 0) is 0 Å². The maximum atomic E-state index is 11.1. The number of nitro groups is 1. The molecule has 0 radical (unpaired) electrons. The van der Waals surface area contributed by atoms with Crippen molar-refractivity contribution in [1.82, 2.24) is 19.8 Å². The fourth-order valence-corrected chi connectivity index (χ4v) is 3.58. The summed E-state index contributed by atoms with van der Waals surface area (Å²) in [6.45, 7) is 5.26. The first-order chi connectivity index (χ1) is 13.6. The van der Waals surface area contributed by atoms with E-state index in [0.717, 1.165) is 25.5 Å². The van der Waals surface area contributed by atoms with E-state index in [1.165, 1.54) is 6.07 Å². The van der Waals surface area contributed by atoms with Crippen LogP contribution < -0.4 is 10.6 Å². The summed E-state index contributed by atoms with van der Waals surface area (Å²) in [6, 6.07) is 7.03. The van der Waals surface area contributed by atoms with Crippen molar-refractivity contribution in [2.45, 2.75) is 19.4 Å². The number of hydrogen-bond donors (Lipinski definition) is 2. The van der Waals surface area contributed by atoms with Crippen LogP contribution in [0.5, 0.6) is 0 Å². The zero-order chi connectivity index (χ0) is 19.9. The van der Waals surface area contributed by atoms with E-state index in [1.807, 2.05) is 18.7 Å². The molecular weight excluding hydrogens is 358 g/mol.